The number of nitrogens with one attached hydrogen (secondary N) is 1. The first kappa shape index (κ1) is 14.0. The molecule has 0 saturated heterocycles. The van der Waals surface area contributed by atoms with Crippen molar-refractivity contribution in [3.05, 3.63) is 64.0 Å². The fourth-order valence-electron chi connectivity index (χ4n) is 1.80. The zero-order chi connectivity index (χ0) is 14.7. The number of halogens is 1. The van der Waals surface area contributed by atoms with Crippen molar-refractivity contribution in [2.24, 2.45) is 0 Å². The van der Waals surface area contributed by atoms with Gasteiger partial charge in [0.2, 0.25) is 0 Å². The van der Waals surface area contributed by atoms with Gasteiger partial charge in [-0.05, 0) is 28.1 Å². The molecule has 0 aliphatic rings. The van der Waals surface area contributed by atoms with Crippen LogP contribution in [0.1, 0.15) is 16.2 Å². The van der Waals surface area contributed by atoms with E-state index in [-0.39, 0.29) is 11.7 Å². The molecule has 0 bridgehead atoms. The third-order valence-electron chi connectivity index (χ3n) is 2.80. The summed E-state index contributed by atoms with van der Waals surface area (Å²) in [5, 5.41) is 5.67. The lowest BCUT2D eigenvalue weighted by Crippen LogP contribution is -2.22. The van der Waals surface area contributed by atoms with Crippen molar-refractivity contribution in [3.8, 4) is 10.6 Å². The fraction of sp³-hybridized carbons (Fsp3) is 0.0667. The van der Waals surface area contributed by atoms with E-state index in [0.717, 1.165) is 16.3 Å². The number of benzene rings is 1. The predicted molar refractivity (Wildman–Crippen MR) is 85.1 cm³/mol. The highest BCUT2D eigenvalue weighted by atomic mass is 79.9. The summed E-state index contributed by atoms with van der Waals surface area (Å²) in [6, 6.07) is 13.3. The van der Waals surface area contributed by atoms with Crippen molar-refractivity contribution in [1.29, 1.82) is 0 Å². The standard InChI is InChI=1S/C15H11BrN2O2S/c16-13-7-6-12(20-13)14(19)17-8-11-9-21-15(18-11)10-4-2-1-3-5-10/h1-7,9H,8H2,(H,17,19). The van der Waals surface area contributed by atoms with Crippen LogP contribution >= 0.6 is 27.3 Å². The van der Waals surface area contributed by atoms with E-state index >= 15 is 0 Å². The summed E-state index contributed by atoms with van der Waals surface area (Å²) < 4.78 is 5.73. The van der Waals surface area contributed by atoms with E-state index in [0.29, 0.717) is 11.2 Å². The highest BCUT2D eigenvalue weighted by Crippen LogP contribution is 2.23. The average Bonchev–Trinajstić information content (AvgIpc) is 3.15. The number of rotatable bonds is 4. The van der Waals surface area contributed by atoms with Crippen LogP contribution in [0.2, 0.25) is 0 Å². The molecule has 0 spiro atoms. The Hall–Kier alpha value is -1.92. The molecule has 1 N–H and O–H groups in total. The molecule has 0 atom stereocenters. The van der Waals surface area contributed by atoms with Gasteiger partial charge in [-0.2, -0.15) is 0 Å². The van der Waals surface area contributed by atoms with Crippen molar-refractivity contribution >= 4 is 33.2 Å². The molecule has 21 heavy (non-hydrogen) atoms. The fourth-order valence-corrected chi connectivity index (χ4v) is 2.93. The Labute approximate surface area is 134 Å². The van der Waals surface area contributed by atoms with Crippen molar-refractivity contribution in [3.63, 3.8) is 0 Å². The normalized spacial score (nSPS) is 10.5. The predicted octanol–water partition coefficient (Wildman–Crippen LogP) is 4.10. The maximum Gasteiger partial charge on any atom is 0.287 e. The summed E-state index contributed by atoms with van der Waals surface area (Å²) in [5.41, 5.74) is 1.91. The topological polar surface area (TPSA) is 55.1 Å². The third kappa shape index (κ3) is 3.40. The molecule has 1 aromatic carbocycles. The van der Waals surface area contributed by atoms with Crippen LogP contribution < -0.4 is 5.32 Å². The first-order valence-corrected chi connectivity index (χ1v) is 7.93. The number of aromatic nitrogens is 1. The van der Waals surface area contributed by atoms with Gasteiger partial charge in [-0.1, -0.05) is 30.3 Å². The molecular formula is C15H11BrN2O2S. The molecule has 0 aliphatic carbocycles. The van der Waals surface area contributed by atoms with E-state index in [2.05, 4.69) is 26.2 Å². The molecule has 2 aromatic heterocycles. The van der Waals surface area contributed by atoms with E-state index in [4.69, 9.17) is 4.42 Å². The highest BCUT2D eigenvalue weighted by molar-refractivity contribution is 9.10. The molecule has 106 valence electrons. The van der Waals surface area contributed by atoms with Crippen LogP contribution in [0, 0.1) is 0 Å². The van der Waals surface area contributed by atoms with Gasteiger partial charge in [0.25, 0.3) is 5.91 Å². The minimum absolute atomic E-state index is 0.255. The van der Waals surface area contributed by atoms with Gasteiger partial charge in [0.1, 0.15) is 5.01 Å². The summed E-state index contributed by atoms with van der Waals surface area (Å²) in [5.74, 6) is 0.0235. The van der Waals surface area contributed by atoms with Crippen molar-refractivity contribution in [1.82, 2.24) is 10.3 Å². The van der Waals surface area contributed by atoms with Gasteiger partial charge in [0.05, 0.1) is 12.2 Å². The maximum atomic E-state index is 11.9. The summed E-state index contributed by atoms with van der Waals surface area (Å²) >= 11 is 4.73. The highest BCUT2D eigenvalue weighted by Gasteiger charge is 2.11. The van der Waals surface area contributed by atoms with Gasteiger partial charge in [-0.15, -0.1) is 11.3 Å². The van der Waals surface area contributed by atoms with Gasteiger partial charge in [0.15, 0.2) is 10.4 Å². The van der Waals surface area contributed by atoms with Gasteiger partial charge < -0.3 is 9.73 Å². The van der Waals surface area contributed by atoms with E-state index in [9.17, 15) is 4.79 Å². The van der Waals surface area contributed by atoms with E-state index < -0.39 is 0 Å². The monoisotopic (exact) mass is 362 g/mol. The quantitative estimate of drug-likeness (QED) is 0.760. The Morgan fingerprint density at radius 1 is 1.24 bits per heavy atom. The number of hydrogen-bond donors (Lipinski definition) is 1. The van der Waals surface area contributed by atoms with Crippen LogP contribution in [0.15, 0.2) is 56.9 Å². The SMILES string of the molecule is O=C(NCc1csc(-c2ccccc2)n1)c1ccc(Br)o1. The van der Waals surface area contributed by atoms with Crippen LogP contribution in [-0.4, -0.2) is 10.9 Å². The molecule has 3 aromatic rings. The Bertz CT molecular complexity index is 752. The average molecular weight is 363 g/mol. The van der Waals surface area contributed by atoms with Gasteiger partial charge in [-0.25, -0.2) is 4.98 Å². The lowest BCUT2D eigenvalue weighted by molar-refractivity contribution is 0.0921. The number of carbonyl (C=O) groups is 1. The van der Waals surface area contributed by atoms with Crippen LogP contribution in [0.25, 0.3) is 10.6 Å². The Balaban J connectivity index is 1.64. The van der Waals surface area contributed by atoms with E-state index in [1.165, 1.54) is 0 Å². The molecular weight excluding hydrogens is 352 g/mol. The van der Waals surface area contributed by atoms with Crippen LogP contribution in [0.5, 0.6) is 0 Å². The van der Waals surface area contributed by atoms with Gasteiger partial charge >= 0.3 is 0 Å². The van der Waals surface area contributed by atoms with E-state index in [1.807, 2.05) is 35.7 Å². The Morgan fingerprint density at radius 2 is 2.05 bits per heavy atom. The number of hydrogen-bond acceptors (Lipinski definition) is 4. The minimum Gasteiger partial charge on any atom is -0.444 e. The minimum atomic E-state index is -0.255. The maximum absolute atomic E-state index is 11.9. The van der Waals surface area contributed by atoms with Crippen LogP contribution in [0.4, 0.5) is 0 Å². The van der Waals surface area contributed by atoms with Crippen LogP contribution in [0.3, 0.4) is 0 Å². The van der Waals surface area contributed by atoms with Gasteiger partial charge in [0, 0.05) is 10.9 Å². The summed E-state index contributed by atoms with van der Waals surface area (Å²) in [4.78, 5) is 16.4. The summed E-state index contributed by atoms with van der Waals surface area (Å²) in [7, 11) is 0. The molecule has 0 fully saturated rings. The zero-order valence-electron chi connectivity index (χ0n) is 10.9. The number of amides is 1. The molecule has 1 amide bonds. The van der Waals surface area contributed by atoms with Crippen LogP contribution in [-0.2, 0) is 6.54 Å². The van der Waals surface area contributed by atoms with E-state index in [1.54, 1.807) is 23.5 Å². The number of carbonyl (C=O) groups excluding carboxylic acids is 1. The smallest absolute Gasteiger partial charge is 0.287 e. The molecule has 0 radical (unpaired) electrons. The molecule has 6 heteroatoms. The lowest BCUT2D eigenvalue weighted by atomic mass is 10.2. The van der Waals surface area contributed by atoms with Crippen molar-refractivity contribution < 1.29 is 9.21 Å². The third-order valence-corrected chi connectivity index (χ3v) is 4.17. The Kier molecular flexibility index (Phi) is 4.17. The molecule has 0 aliphatic heterocycles. The molecule has 0 unspecified atom stereocenters. The van der Waals surface area contributed by atoms with Crippen molar-refractivity contribution in [2.75, 3.05) is 0 Å². The zero-order valence-corrected chi connectivity index (χ0v) is 13.3. The van der Waals surface area contributed by atoms with Gasteiger partial charge in [-0.3, -0.25) is 4.79 Å². The number of thiazole rings is 1. The largest absolute Gasteiger partial charge is 0.444 e. The molecule has 2 heterocycles. The second-order valence-corrected chi connectivity index (χ2v) is 5.94. The lowest BCUT2D eigenvalue weighted by Gasteiger charge is -2.00. The van der Waals surface area contributed by atoms with Crippen molar-refractivity contribution in [2.45, 2.75) is 6.54 Å². The molecule has 0 saturated carbocycles. The molecule has 3 rings (SSSR count). The second kappa shape index (κ2) is 6.24. The first-order valence-electron chi connectivity index (χ1n) is 6.26. The number of nitrogens with zero attached hydrogens (tertiary/aromatic N) is 1. The first-order chi connectivity index (χ1) is 10.2. The summed E-state index contributed by atoms with van der Waals surface area (Å²) in [6.07, 6.45) is 0. The second-order valence-electron chi connectivity index (χ2n) is 4.30. The number of furan rings is 1. The summed E-state index contributed by atoms with van der Waals surface area (Å²) in [6.45, 7) is 0.375. The Morgan fingerprint density at radius 3 is 2.76 bits per heavy atom. The molecule has 4 nitrogen and oxygen atoms in total.